The molecule has 1 N–H and O–H groups in total. The first-order chi connectivity index (χ1) is 8.69. The summed E-state index contributed by atoms with van der Waals surface area (Å²) in [7, 11) is 3.53. The Bertz CT molecular complexity index is 179. The lowest BCUT2D eigenvalue weighted by atomic mass is 10.2. The van der Waals surface area contributed by atoms with Crippen LogP contribution in [0.2, 0.25) is 0 Å². The Morgan fingerprint density at radius 3 is 2.39 bits per heavy atom. The number of methoxy groups -OCH3 is 2. The standard InChI is InChI=1S/C14H32N2O2/c1-6-8-15-14(12-18-5)11-16(9-10-17-4)13(3)7-2/h13-15H,6-12H2,1-5H3. The van der Waals surface area contributed by atoms with Gasteiger partial charge in [-0.05, 0) is 26.3 Å². The molecule has 0 saturated carbocycles. The first-order valence-corrected chi connectivity index (χ1v) is 7.14. The smallest absolute Gasteiger partial charge is 0.0628 e. The van der Waals surface area contributed by atoms with Crippen molar-refractivity contribution in [2.24, 2.45) is 0 Å². The van der Waals surface area contributed by atoms with Gasteiger partial charge in [0, 0.05) is 39.4 Å². The average molecular weight is 260 g/mol. The minimum Gasteiger partial charge on any atom is -0.383 e. The average Bonchev–Trinajstić information content (AvgIpc) is 2.39. The molecule has 0 radical (unpaired) electrons. The van der Waals surface area contributed by atoms with Crippen LogP contribution in [0.15, 0.2) is 0 Å². The van der Waals surface area contributed by atoms with Gasteiger partial charge in [0.1, 0.15) is 0 Å². The van der Waals surface area contributed by atoms with Crippen LogP contribution >= 0.6 is 0 Å². The molecular formula is C14H32N2O2. The van der Waals surface area contributed by atoms with E-state index in [2.05, 4.69) is 31.0 Å². The van der Waals surface area contributed by atoms with Crippen LogP contribution in [0, 0.1) is 0 Å². The lowest BCUT2D eigenvalue weighted by Gasteiger charge is -2.32. The van der Waals surface area contributed by atoms with E-state index in [1.54, 1.807) is 14.2 Å². The zero-order chi connectivity index (χ0) is 13.8. The van der Waals surface area contributed by atoms with Crippen molar-refractivity contribution in [2.75, 3.05) is 47.1 Å². The molecule has 0 saturated heterocycles. The summed E-state index contributed by atoms with van der Waals surface area (Å²) in [4.78, 5) is 2.48. The molecule has 0 fully saturated rings. The van der Waals surface area contributed by atoms with Gasteiger partial charge in [-0.3, -0.25) is 4.90 Å². The van der Waals surface area contributed by atoms with Crippen molar-refractivity contribution in [3.05, 3.63) is 0 Å². The van der Waals surface area contributed by atoms with E-state index in [0.29, 0.717) is 12.1 Å². The van der Waals surface area contributed by atoms with Crippen molar-refractivity contribution in [1.82, 2.24) is 10.2 Å². The van der Waals surface area contributed by atoms with Gasteiger partial charge in [0.05, 0.1) is 13.2 Å². The van der Waals surface area contributed by atoms with E-state index in [1.165, 1.54) is 0 Å². The highest BCUT2D eigenvalue weighted by molar-refractivity contribution is 4.75. The molecule has 0 spiro atoms. The van der Waals surface area contributed by atoms with Crippen LogP contribution in [-0.4, -0.2) is 64.1 Å². The molecule has 0 aromatic heterocycles. The van der Waals surface area contributed by atoms with Crippen LogP contribution in [-0.2, 0) is 9.47 Å². The topological polar surface area (TPSA) is 33.7 Å². The summed E-state index contributed by atoms with van der Waals surface area (Å²) in [6.07, 6.45) is 2.32. The van der Waals surface area contributed by atoms with Crippen molar-refractivity contribution in [2.45, 2.75) is 45.7 Å². The Morgan fingerprint density at radius 2 is 1.89 bits per heavy atom. The van der Waals surface area contributed by atoms with Crippen LogP contribution in [0.25, 0.3) is 0 Å². The monoisotopic (exact) mass is 260 g/mol. The minimum absolute atomic E-state index is 0.404. The largest absolute Gasteiger partial charge is 0.383 e. The first-order valence-electron chi connectivity index (χ1n) is 7.14. The van der Waals surface area contributed by atoms with Gasteiger partial charge in [-0.1, -0.05) is 13.8 Å². The van der Waals surface area contributed by atoms with Crippen LogP contribution in [0.1, 0.15) is 33.6 Å². The van der Waals surface area contributed by atoms with Crippen molar-refractivity contribution >= 4 is 0 Å². The second-order valence-electron chi connectivity index (χ2n) is 4.85. The Hall–Kier alpha value is -0.160. The third kappa shape index (κ3) is 8.03. The van der Waals surface area contributed by atoms with Crippen molar-refractivity contribution in [3.63, 3.8) is 0 Å². The lowest BCUT2D eigenvalue weighted by molar-refractivity contribution is 0.0922. The molecule has 0 heterocycles. The molecule has 0 aliphatic carbocycles. The van der Waals surface area contributed by atoms with E-state index in [4.69, 9.17) is 9.47 Å². The van der Waals surface area contributed by atoms with Crippen molar-refractivity contribution in [1.29, 1.82) is 0 Å². The van der Waals surface area contributed by atoms with Gasteiger partial charge in [0.15, 0.2) is 0 Å². The normalized spacial score (nSPS) is 15.0. The van der Waals surface area contributed by atoms with E-state index in [0.717, 1.165) is 45.7 Å². The lowest BCUT2D eigenvalue weighted by Crippen LogP contribution is -2.47. The van der Waals surface area contributed by atoms with E-state index < -0.39 is 0 Å². The summed E-state index contributed by atoms with van der Waals surface area (Å²) < 4.78 is 10.5. The molecule has 0 aliphatic rings. The Kier molecular flexibility index (Phi) is 11.8. The van der Waals surface area contributed by atoms with Crippen molar-refractivity contribution in [3.8, 4) is 0 Å². The van der Waals surface area contributed by atoms with Crippen LogP contribution in [0.5, 0.6) is 0 Å². The Morgan fingerprint density at radius 1 is 1.17 bits per heavy atom. The van der Waals surface area contributed by atoms with E-state index in [-0.39, 0.29) is 0 Å². The number of ether oxygens (including phenoxy) is 2. The summed E-state index contributed by atoms with van der Waals surface area (Å²) in [6.45, 7) is 11.3. The number of hydrogen-bond donors (Lipinski definition) is 1. The second-order valence-corrected chi connectivity index (χ2v) is 4.85. The molecule has 0 rings (SSSR count). The fourth-order valence-corrected chi connectivity index (χ4v) is 1.97. The number of rotatable bonds is 12. The molecule has 2 atom stereocenters. The highest BCUT2D eigenvalue weighted by Crippen LogP contribution is 2.05. The van der Waals surface area contributed by atoms with Crippen LogP contribution in [0.3, 0.4) is 0 Å². The van der Waals surface area contributed by atoms with Gasteiger partial charge >= 0.3 is 0 Å². The van der Waals surface area contributed by atoms with Gasteiger partial charge in [-0.15, -0.1) is 0 Å². The molecule has 4 nitrogen and oxygen atoms in total. The third-order valence-corrected chi connectivity index (χ3v) is 3.30. The summed E-state index contributed by atoms with van der Waals surface area (Å²) in [5.74, 6) is 0. The molecule has 0 aromatic carbocycles. The number of nitrogens with one attached hydrogen (secondary N) is 1. The highest BCUT2D eigenvalue weighted by Gasteiger charge is 2.17. The Balaban J connectivity index is 4.27. The quantitative estimate of drug-likeness (QED) is 0.579. The molecule has 0 amide bonds. The molecule has 18 heavy (non-hydrogen) atoms. The molecule has 4 heteroatoms. The summed E-state index contributed by atoms with van der Waals surface area (Å²) in [5, 5.41) is 3.55. The van der Waals surface area contributed by atoms with E-state index >= 15 is 0 Å². The molecule has 110 valence electrons. The van der Waals surface area contributed by atoms with Gasteiger partial charge < -0.3 is 14.8 Å². The predicted molar refractivity (Wildman–Crippen MR) is 77.2 cm³/mol. The molecule has 0 bridgehead atoms. The minimum atomic E-state index is 0.404. The molecule has 2 unspecified atom stereocenters. The van der Waals surface area contributed by atoms with Crippen LogP contribution in [0.4, 0.5) is 0 Å². The maximum Gasteiger partial charge on any atom is 0.0628 e. The van der Waals surface area contributed by atoms with Gasteiger partial charge in [-0.25, -0.2) is 0 Å². The third-order valence-electron chi connectivity index (χ3n) is 3.30. The molecule has 0 aromatic rings. The summed E-state index contributed by atoms with van der Waals surface area (Å²) in [5.41, 5.74) is 0. The van der Waals surface area contributed by atoms with Crippen molar-refractivity contribution < 1.29 is 9.47 Å². The first kappa shape index (κ1) is 17.8. The zero-order valence-corrected chi connectivity index (χ0v) is 12.9. The molecule has 0 aliphatic heterocycles. The maximum absolute atomic E-state index is 5.30. The SMILES string of the molecule is CCCNC(COC)CN(CCOC)C(C)CC. The fraction of sp³-hybridized carbons (Fsp3) is 1.00. The van der Waals surface area contributed by atoms with Gasteiger partial charge in [-0.2, -0.15) is 0 Å². The number of hydrogen-bond acceptors (Lipinski definition) is 4. The summed E-state index contributed by atoms with van der Waals surface area (Å²) >= 11 is 0. The fourth-order valence-electron chi connectivity index (χ4n) is 1.97. The van der Waals surface area contributed by atoms with Crippen LogP contribution < -0.4 is 5.32 Å². The van der Waals surface area contributed by atoms with Gasteiger partial charge in [0.25, 0.3) is 0 Å². The maximum atomic E-state index is 5.30. The van der Waals surface area contributed by atoms with E-state index in [1.807, 2.05) is 0 Å². The predicted octanol–water partition coefficient (Wildman–Crippen LogP) is 1.75. The number of nitrogens with zero attached hydrogens (tertiary/aromatic N) is 1. The highest BCUT2D eigenvalue weighted by atomic mass is 16.5. The Labute approximate surface area is 113 Å². The van der Waals surface area contributed by atoms with E-state index in [9.17, 15) is 0 Å². The second kappa shape index (κ2) is 11.9. The van der Waals surface area contributed by atoms with Gasteiger partial charge in [0.2, 0.25) is 0 Å². The summed E-state index contributed by atoms with van der Waals surface area (Å²) in [6, 6.07) is 0.990. The zero-order valence-electron chi connectivity index (χ0n) is 12.9. The molecular weight excluding hydrogens is 228 g/mol.